The number of aliphatic carboxylic acids is 1. The first-order valence-electron chi connectivity index (χ1n) is 9.23. The van der Waals surface area contributed by atoms with Crippen molar-refractivity contribution in [2.24, 2.45) is 0 Å². The van der Waals surface area contributed by atoms with Crippen LogP contribution in [0.15, 0.2) is 18.2 Å². The van der Waals surface area contributed by atoms with Crippen LogP contribution in [0.3, 0.4) is 0 Å². The van der Waals surface area contributed by atoms with Gasteiger partial charge in [0.25, 0.3) is 0 Å². The molecule has 0 fully saturated rings. The Balaban J connectivity index is 0.00000210. The Morgan fingerprint density at radius 2 is 2.03 bits per heavy atom. The van der Waals surface area contributed by atoms with Crippen LogP contribution in [0.4, 0.5) is 0 Å². The average molecular weight is 666 g/mol. The van der Waals surface area contributed by atoms with Crippen molar-refractivity contribution in [3.63, 3.8) is 0 Å². The van der Waals surface area contributed by atoms with Gasteiger partial charge >= 0.3 is 5.97 Å². The molecule has 3 rings (SSSR count). The van der Waals surface area contributed by atoms with Crippen molar-refractivity contribution in [3.8, 4) is 0 Å². The third-order valence-electron chi connectivity index (χ3n) is 4.80. The van der Waals surface area contributed by atoms with Gasteiger partial charge in [0.15, 0.2) is 0 Å². The molecule has 1 aliphatic rings. The fourth-order valence-electron chi connectivity index (χ4n) is 3.60. The van der Waals surface area contributed by atoms with E-state index < -0.39 is 5.97 Å². The third-order valence-corrected chi connectivity index (χ3v) is 5.54. The quantitative estimate of drug-likeness (QED) is 0.403. The molecule has 0 bridgehead atoms. The number of carboxylic acids is 1. The first-order chi connectivity index (χ1) is 12.9. The molecule has 0 aliphatic heterocycles. The van der Waals surface area contributed by atoms with Gasteiger partial charge in [-0.05, 0) is 37.0 Å². The van der Waals surface area contributed by atoms with Gasteiger partial charge in [0, 0.05) is 43.6 Å². The predicted octanol–water partition coefficient (Wildman–Crippen LogP) is 5.39. The summed E-state index contributed by atoms with van der Waals surface area (Å²) >= 11 is 12.2. The van der Waals surface area contributed by atoms with Crippen molar-refractivity contribution in [3.05, 3.63) is 51.0 Å². The van der Waals surface area contributed by atoms with Crippen LogP contribution in [0.2, 0.25) is 10.0 Å². The van der Waals surface area contributed by atoms with Crippen molar-refractivity contribution in [2.75, 3.05) is 6.61 Å². The minimum Gasteiger partial charge on any atom is -0.480 e. The van der Waals surface area contributed by atoms with Gasteiger partial charge < -0.3 is 20.6 Å². The molecule has 1 aromatic carbocycles. The number of hydrogen-bond acceptors (Lipinski definition) is 4. The van der Waals surface area contributed by atoms with Gasteiger partial charge in [-0.3, -0.25) is 0 Å². The topological polar surface area (TPSA) is 99.4 Å². The maximum absolute atomic E-state index is 11.0. The summed E-state index contributed by atoms with van der Waals surface area (Å²) in [5.41, 5.74) is 3.04. The number of carboxylic acid groups (broad SMARTS) is 1. The molecular weight excluding hydrogens is 639 g/mol. The number of hydrogen-bond donors (Lipinski definition) is 2. The van der Waals surface area contributed by atoms with Crippen molar-refractivity contribution in [2.45, 2.75) is 58.1 Å². The molecule has 2 aromatic rings. The molecule has 0 radical (unpaired) electrons. The van der Waals surface area contributed by atoms with Gasteiger partial charge in [-0.1, -0.05) is 49.5 Å². The Morgan fingerprint density at radius 3 is 2.66 bits per heavy atom. The van der Waals surface area contributed by atoms with E-state index in [1.807, 2.05) is 12.1 Å². The zero-order valence-corrected chi connectivity index (χ0v) is 22.4. The van der Waals surface area contributed by atoms with Crippen molar-refractivity contribution < 1.29 is 45.8 Å². The SMILES string of the molecule is CC(C)c1nc2c(n1Cc1ccc(Cl)c(Cl)c1)C(OCC(=O)O)CCCC2.N.[U]. The largest absolute Gasteiger partial charge is 0.480 e. The fourth-order valence-corrected chi connectivity index (χ4v) is 3.92. The van der Waals surface area contributed by atoms with Gasteiger partial charge in [0.05, 0.1) is 21.4 Å². The normalized spacial score (nSPS) is 15.8. The summed E-state index contributed by atoms with van der Waals surface area (Å²) in [7, 11) is 0. The second-order valence-corrected chi connectivity index (χ2v) is 8.04. The van der Waals surface area contributed by atoms with Crippen molar-refractivity contribution >= 4 is 29.2 Å². The molecule has 1 aliphatic carbocycles. The number of aryl methyl sites for hydroxylation is 1. The van der Waals surface area contributed by atoms with Crippen LogP contribution >= 0.6 is 23.2 Å². The van der Waals surface area contributed by atoms with E-state index >= 15 is 0 Å². The summed E-state index contributed by atoms with van der Waals surface area (Å²) in [5.74, 6) is 0.261. The molecule has 0 spiro atoms. The number of aromatic nitrogens is 2. The van der Waals surface area contributed by atoms with E-state index in [9.17, 15) is 4.79 Å². The van der Waals surface area contributed by atoms with Crippen molar-refractivity contribution in [1.29, 1.82) is 0 Å². The fraction of sp³-hybridized carbons (Fsp3) is 0.500. The number of ether oxygens (including phenoxy) is 1. The van der Waals surface area contributed by atoms with Gasteiger partial charge in [-0.2, -0.15) is 0 Å². The molecule has 1 aromatic heterocycles. The van der Waals surface area contributed by atoms with E-state index in [2.05, 4.69) is 18.4 Å². The maximum atomic E-state index is 11.0. The minimum absolute atomic E-state index is 0. The van der Waals surface area contributed by atoms with Crippen molar-refractivity contribution in [1.82, 2.24) is 15.7 Å². The van der Waals surface area contributed by atoms with Crippen LogP contribution in [-0.4, -0.2) is 27.2 Å². The number of benzene rings is 1. The van der Waals surface area contributed by atoms with Crippen LogP contribution in [0.25, 0.3) is 0 Å². The van der Waals surface area contributed by atoms with Crippen LogP contribution in [0.1, 0.15) is 67.9 Å². The van der Waals surface area contributed by atoms with Gasteiger partial charge in [-0.15, -0.1) is 0 Å². The number of carbonyl (C=O) groups is 1. The van der Waals surface area contributed by atoms with Crippen LogP contribution in [0, 0.1) is 31.1 Å². The zero-order valence-electron chi connectivity index (χ0n) is 16.8. The van der Waals surface area contributed by atoms with E-state index in [1.54, 1.807) is 6.07 Å². The molecule has 0 amide bonds. The summed E-state index contributed by atoms with van der Waals surface area (Å²) in [4.78, 5) is 15.9. The smallest absolute Gasteiger partial charge is 0.329 e. The number of rotatable bonds is 6. The molecular formula is C20H27Cl2N3O3U. The van der Waals surface area contributed by atoms with Gasteiger partial charge in [0.2, 0.25) is 0 Å². The molecule has 1 atom stereocenters. The Morgan fingerprint density at radius 1 is 1.31 bits per heavy atom. The van der Waals surface area contributed by atoms with Gasteiger partial charge in [0.1, 0.15) is 18.5 Å². The summed E-state index contributed by atoms with van der Waals surface area (Å²) in [6, 6.07) is 5.61. The van der Waals surface area contributed by atoms with Crippen LogP contribution in [-0.2, 0) is 22.5 Å². The van der Waals surface area contributed by atoms with E-state index in [0.29, 0.717) is 16.6 Å². The first-order valence-corrected chi connectivity index (χ1v) is 9.99. The molecule has 9 heteroatoms. The summed E-state index contributed by atoms with van der Waals surface area (Å²) < 4.78 is 7.94. The third kappa shape index (κ3) is 6.46. The molecule has 0 saturated carbocycles. The molecule has 158 valence electrons. The Kier molecular flexibility index (Phi) is 10.7. The minimum atomic E-state index is -0.958. The molecule has 6 nitrogen and oxygen atoms in total. The second kappa shape index (κ2) is 11.7. The molecule has 1 unspecified atom stereocenters. The standard InChI is InChI=1S/C20H24Cl2N2O3.H3N.U/c1-12(2)20-23-16-5-3-4-6-17(27-11-18(25)26)19(16)24(20)10-13-7-8-14(21)15(22)9-13;;/h7-9,12,17H,3-6,10-11H2,1-2H3,(H,25,26);1H3;. The number of nitrogens with zero attached hydrogens (tertiary/aromatic N) is 2. The number of fused-ring (bicyclic) bond motifs is 1. The molecule has 4 N–H and O–H groups in total. The average Bonchev–Trinajstić information content (AvgIpc) is 2.83. The van der Waals surface area contributed by atoms with E-state index in [0.717, 1.165) is 48.5 Å². The second-order valence-electron chi connectivity index (χ2n) is 7.23. The summed E-state index contributed by atoms with van der Waals surface area (Å²) in [6.07, 6.45) is 3.44. The van der Waals surface area contributed by atoms with E-state index in [-0.39, 0.29) is 55.9 Å². The summed E-state index contributed by atoms with van der Waals surface area (Å²) in [5, 5.41) is 10.1. The molecule has 1 heterocycles. The Labute approximate surface area is 205 Å². The maximum Gasteiger partial charge on any atom is 0.329 e. The van der Waals surface area contributed by atoms with Gasteiger partial charge in [-0.25, -0.2) is 9.78 Å². The first kappa shape index (κ1) is 26.5. The Hall–Kier alpha value is -0.548. The van der Waals surface area contributed by atoms with E-state index in [1.165, 1.54) is 0 Å². The number of halogens is 2. The Bertz CT molecular complexity index is 843. The molecule has 29 heavy (non-hydrogen) atoms. The van der Waals surface area contributed by atoms with Crippen LogP contribution < -0.4 is 6.15 Å². The summed E-state index contributed by atoms with van der Waals surface area (Å²) in [6.45, 7) is 4.51. The predicted molar refractivity (Wildman–Crippen MR) is 111 cm³/mol. The van der Waals surface area contributed by atoms with Crippen LogP contribution in [0.5, 0.6) is 0 Å². The molecule has 0 saturated heterocycles. The number of imidazole rings is 1. The zero-order chi connectivity index (χ0) is 19.6. The van der Waals surface area contributed by atoms with E-state index in [4.69, 9.17) is 38.0 Å². The monoisotopic (exact) mass is 665 g/mol.